The van der Waals surface area contributed by atoms with Crippen LogP contribution in [-0.2, 0) is 11.3 Å². The van der Waals surface area contributed by atoms with E-state index in [1.807, 2.05) is 48.5 Å². The molecule has 1 heterocycles. The van der Waals surface area contributed by atoms with Crippen molar-refractivity contribution in [2.24, 2.45) is 0 Å². The van der Waals surface area contributed by atoms with Crippen LogP contribution < -0.4 is 10.1 Å². The maximum atomic E-state index is 13.3. The zero-order valence-corrected chi connectivity index (χ0v) is 15.0. The molecule has 3 aromatic carbocycles. The smallest absolute Gasteiger partial charge is 0.263 e. The molecule has 0 unspecified atom stereocenters. The van der Waals surface area contributed by atoms with Crippen LogP contribution in [0.25, 0.3) is 10.8 Å². The first-order valence-corrected chi connectivity index (χ1v) is 8.85. The van der Waals surface area contributed by atoms with Crippen LogP contribution in [0.15, 0.2) is 79.0 Å². The Morgan fingerprint density at radius 3 is 2.71 bits per heavy atom. The van der Waals surface area contributed by atoms with Crippen molar-refractivity contribution in [2.45, 2.75) is 6.54 Å². The number of hydrogen-bond acceptors (Lipinski definition) is 3. The third-order valence-electron chi connectivity index (χ3n) is 4.23. The van der Waals surface area contributed by atoms with E-state index in [1.54, 1.807) is 23.0 Å². The molecule has 5 nitrogen and oxygen atoms in total. The van der Waals surface area contributed by atoms with Gasteiger partial charge in [-0.05, 0) is 40.6 Å². The van der Waals surface area contributed by atoms with Crippen LogP contribution in [-0.4, -0.2) is 22.3 Å². The molecule has 0 atom stereocenters. The summed E-state index contributed by atoms with van der Waals surface area (Å²) in [6.07, 6.45) is 1.73. The van der Waals surface area contributed by atoms with Crippen molar-refractivity contribution < 1.29 is 13.9 Å². The van der Waals surface area contributed by atoms with E-state index in [4.69, 9.17) is 4.74 Å². The molecule has 0 radical (unpaired) electrons. The molecule has 6 heteroatoms. The second-order valence-corrected chi connectivity index (χ2v) is 6.37. The van der Waals surface area contributed by atoms with Gasteiger partial charge in [0.05, 0.1) is 6.54 Å². The molecule has 0 bridgehead atoms. The van der Waals surface area contributed by atoms with Crippen molar-refractivity contribution in [1.29, 1.82) is 0 Å². The Kier molecular flexibility index (Phi) is 5.01. The number of carbonyl (C=O) groups excluding carboxylic acids is 1. The first-order chi connectivity index (χ1) is 13.7. The Morgan fingerprint density at radius 2 is 1.86 bits per heavy atom. The fraction of sp³-hybridized carbons (Fsp3) is 0.0909. The summed E-state index contributed by atoms with van der Waals surface area (Å²) in [6, 6.07) is 21.7. The quantitative estimate of drug-likeness (QED) is 0.548. The second-order valence-electron chi connectivity index (χ2n) is 6.37. The first-order valence-electron chi connectivity index (χ1n) is 8.85. The van der Waals surface area contributed by atoms with Gasteiger partial charge in [-0.1, -0.05) is 42.5 Å². The van der Waals surface area contributed by atoms with Crippen LogP contribution in [0.2, 0.25) is 0 Å². The van der Waals surface area contributed by atoms with Gasteiger partial charge in [0, 0.05) is 12.3 Å². The Morgan fingerprint density at radius 1 is 1.00 bits per heavy atom. The van der Waals surface area contributed by atoms with E-state index in [0.29, 0.717) is 18.1 Å². The maximum absolute atomic E-state index is 13.3. The molecule has 0 aliphatic carbocycles. The summed E-state index contributed by atoms with van der Waals surface area (Å²) < 4.78 is 20.5. The van der Waals surface area contributed by atoms with Crippen LogP contribution in [0.5, 0.6) is 5.75 Å². The Labute approximate surface area is 161 Å². The highest BCUT2D eigenvalue weighted by molar-refractivity contribution is 5.91. The third-order valence-corrected chi connectivity index (χ3v) is 4.23. The number of carbonyl (C=O) groups is 1. The molecule has 0 aliphatic rings. The van der Waals surface area contributed by atoms with Gasteiger partial charge < -0.3 is 10.1 Å². The van der Waals surface area contributed by atoms with Crippen molar-refractivity contribution >= 4 is 22.5 Å². The zero-order valence-electron chi connectivity index (χ0n) is 15.0. The number of anilines is 1. The summed E-state index contributed by atoms with van der Waals surface area (Å²) in [6.45, 7) is 0.302. The molecular weight excluding hydrogens is 357 g/mol. The topological polar surface area (TPSA) is 56.1 Å². The Balaban J connectivity index is 1.33. The lowest BCUT2D eigenvalue weighted by molar-refractivity contribution is -0.118. The average molecular weight is 375 g/mol. The van der Waals surface area contributed by atoms with Gasteiger partial charge in [0.25, 0.3) is 5.91 Å². The van der Waals surface area contributed by atoms with Gasteiger partial charge in [-0.15, -0.1) is 0 Å². The normalized spacial score (nSPS) is 10.8. The Hall–Kier alpha value is -3.67. The summed E-state index contributed by atoms with van der Waals surface area (Å²) in [5, 5.41) is 9.14. The third kappa shape index (κ3) is 4.35. The van der Waals surface area contributed by atoms with Gasteiger partial charge in [-0.25, -0.2) is 4.39 Å². The molecule has 0 saturated carbocycles. The predicted octanol–water partition coefficient (Wildman–Crippen LogP) is 4.24. The molecule has 0 aliphatic heterocycles. The van der Waals surface area contributed by atoms with Gasteiger partial charge >= 0.3 is 0 Å². The molecule has 1 amide bonds. The molecule has 1 N–H and O–H groups in total. The summed E-state index contributed by atoms with van der Waals surface area (Å²) in [7, 11) is 0. The number of ether oxygens (including phenoxy) is 1. The first kappa shape index (κ1) is 17.7. The number of nitrogens with zero attached hydrogens (tertiary/aromatic N) is 2. The maximum Gasteiger partial charge on any atom is 0.263 e. The number of amides is 1. The van der Waals surface area contributed by atoms with Gasteiger partial charge in [0.1, 0.15) is 11.6 Å². The molecule has 0 saturated heterocycles. The number of nitrogens with one attached hydrogen (secondary N) is 1. The van der Waals surface area contributed by atoms with Gasteiger partial charge in [0.15, 0.2) is 12.4 Å². The molecule has 140 valence electrons. The van der Waals surface area contributed by atoms with Crippen molar-refractivity contribution in [2.75, 3.05) is 11.9 Å². The van der Waals surface area contributed by atoms with E-state index < -0.39 is 0 Å². The van der Waals surface area contributed by atoms with Crippen molar-refractivity contribution in [3.05, 3.63) is 90.4 Å². The molecule has 4 rings (SSSR count). The summed E-state index contributed by atoms with van der Waals surface area (Å²) in [5.41, 5.74) is 0.792. The van der Waals surface area contributed by atoms with E-state index >= 15 is 0 Å². The van der Waals surface area contributed by atoms with Gasteiger partial charge in [-0.2, -0.15) is 5.10 Å². The average Bonchev–Trinajstić information content (AvgIpc) is 3.13. The number of hydrogen-bond donors (Lipinski definition) is 1. The zero-order chi connectivity index (χ0) is 19.3. The number of benzene rings is 3. The number of fused-ring (bicyclic) bond motifs is 1. The number of aromatic nitrogens is 2. The SMILES string of the molecule is O=C(COc1ccc2ccccc2c1)Nc1ccn(Cc2cccc(F)c2)n1. The molecule has 4 aromatic rings. The van der Waals surface area contributed by atoms with E-state index in [0.717, 1.165) is 16.3 Å². The monoisotopic (exact) mass is 375 g/mol. The van der Waals surface area contributed by atoms with E-state index in [9.17, 15) is 9.18 Å². The van der Waals surface area contributed by atoms with Crippen molar-refractivity contribution in [1.82, 2.24) is 9.78 Å². The van der Waals surface area contributed by atoms with Crippen LogP contribution in [0.4, 0.5) is 10.2 Å². The minimum absolute atomic E-state index is 0.116. The minimum atomic E-state index is -0.302. The van der Waals surface area contributed by atoms with Crippen LogP contribution in [0.3, 0.4) is 0 Å². The second kappa shape index (κ2) is 7.92. The van der Waals surface area contributed by atoms with Crippen LogP contribution in [0.1, 0.15) is 5.56 Å². The lowest BCUT2D eigenvalue weighted by Gasteiger charge is -2.07. The lowest BCUT2D eigenvalue weighted by Crippen LogP contribution is -2.20. The highest BCUT2D eigenvalue weighted by Gasteiger charge is 2.07. The highest BCUT2D eigenvalue weighted by Crippen LogP contribution is 2.20. The summed E-state index contributed by atoms with van der Waals surface area (Å²) in [5.74, 6) is 0.460. The number of rotatable bonds is 6. The standard InChI is InChI=1S/C22H18FN3O2/c23-19-7-3-4-16(12-19)14-26-11-10-21(25-26)24-22(27)15-28-20-9-8-17-5-1-2-6-18(17)13-20/h1-13H,14-15H2,(H,24,25,27). The van der Waals surface area contributed by atoms with Crippen LogP contribution in [0, 0.1) is 5.82 Å². The summed E-state index contributed by atoms with van der Waals surface area (Å²) in [4.78, 5) is 12.1. The van der Waals surface area contributed by atoms with E-state index in [1.165, 1.54) is 12.1 Å². The Bertz CT molecular complexity index is 1120. The number of halogens is 1. The fourth-order valence-electron chi connectivity index (χ4n) is 2.92. The van der Waals surface area contributed by atoms with Crippen molar-refractivity contribution in [3.63, 3.8) is 0 Å². The molecule has 0 fully saturated rings. The molecular formula is C22H18FN3O2. The van der Waals surface area contributed by atoms with Gasteiger partial charge in [-0.3, -0.25) is 9.48 Å². The lowest BCUT2D eigenvalue weighted by atomic mass is 10.1. The molecule has 0 spiro atoms. The van der Waals surface area contributed by atoms with Gasteiger partial charge in [0.2, 0.25) is 0 Å². The largest absolute Gasteiger partial charge is 0.484 e. The van der Waals surface area contributed by atoms with E-state index in [-0.39, 0.29) is 18.3 Å². The highest BCUT2D eigenvalue weighted by atomic mass is 19.1. The van der Waals surface area contributed by atoms with E-state index in [2.05, 4.69) is 10.4 Å². The van der Waals surface area contributed by atoms with Crippen molar-refractivity contribution in [3.8, 4) is 5.75 Å². The summed E-state index contributed by atoms with van der Waals surface area (Å²) >= 11 is 0. The molecule has 1 aromatic heterocycles. The van der Waals surface area contributed by atoms with Crippen LogP contribution >= 0.6 is 0 Å². The molecule has 28 heavy (non-hydrogen) atoms. The fourth-order valence-corrected chi connectivity index (χ4v) is 2.92. The predicted molar refractivity (Wildman–Crippen MR) is 106 cm³/mol. The minimum Gasteiger partial charge on any atom is -0.484 e.